The molecule has 4 rings (SSSR count). The van der Waals surface area contributed by atoms with Crippen molar-refractivity contribution >= 4 is 32.7 Å². The van der Waals surface area contributed by atoms with Crippen molar-refractivity contribution in [1.82, 2.24) is 4.98 Å². The van der Waals surface area contributed by atoms with Crippen LogP contribution in [0.1, 0.15) is 5.56 Å². The highest BCUT2D eigenvalue weighted by atomic mass is 79.9. The third-order valence-electron chi connectivity index (χ3n) is 4.73. The van der Waals surface area contributed by atoms with Crippen molar-refractivity contribution in [2.75, 3.05) is 12.3 Å². The van der Waals surface area contributed by atoms with Gasteiger partial charge in [-0.3, -0.25) is 0 Å². The Morgan fingerprint density at radius 1 is 1.33 bits per heavy atom. The average molecular weight is 397 g/mol. The molecule has 7 nitrogen and oxygen atoms in total. The normalized spacial score (nSPS) is 35.5. The van der Waals surface area contributed by atoms with Gasteiger partial charge in [-0.05, 0) is 33.6 Å². The number of nitrogens with two attached hydrogens (primary N) is 1. The van der Waals surface area contributed by atoms with E-state index in [2.05, 4.69) is 20.9 Å². The predicted molar refractivity (Wildman–Crippen MR) is 89.1 cm³/mol. The zero-order valence-electron chi connectivity index (χ0n) is 12.6. The number of ether oxygens (including phenoxy) is 2. The minimum Gasteiger partial charge on any atom is -0.385 e. The van der Waals surface area contributed by atoms with E-state index in [-0.39, 0.29) is 6.61 Å². The highest BCUT2D eigenvalue weighted by molar-refractivity contribution is 9.10. The number of anilines is 1. The Balaban J connectivity index is 1.60. The van der Waals surface area contributed by atoms with Crippen molar-refractivity contribution in [3.8, 4) is 0 Å². The first-order chi connectivity index (χ1) is 11.4. The zero-order chi connectivity index (χ0) is 17.1. The Bertz CT molecular complexity index is 803. The molecule has 0 radical (unpaired) electrons. The molecule has 0 spiro atoms. The number of halogens is 1. The summed E-state index contributed by atoms with van der Waals surface area (Å²) in [6, 6.07) is 7.68. The minimum atomic E-state index is -1.57. The summed E-state index contributed by atoms with van der Waals surface area (Å²) in [6.07, 6.45) is -3.56. The van der Waals surface area contributed by atoms with E-state index >= 15 is 0 Å². The summed E-state index contributed by atoms with van der Waals surface area (Å²) in [6.45, 7) is -0.0771. The van der Waals surface area contributed by atoms with Gasteiger partial charge in [0.15, 0.2) is 6.29 Å². The van der Waals surface area contributed by atoms with Crippen LogP contribution in [0.3, 0.4) is 0 Å². The molecule has 5 atom stereocenters. The first kappa shape index (κ1) is 16.2. The van der Waals surface area contributed by atoms with Gasteiger partial charge in [0.25, 0.3) is 0 Å². The number of pyridine rings is 1. The molecule has 1 unspecified atom stereocenters. The molecule has 2 aromatic rings. The number of nitrogens with zero attached hydrogens (tertiary/aromatic N) is 1. The fourth-order valence-corrected chi connectivity index (χ4v) is 3.72. The quantitative estimate of drug-likeness (QED) is 0.577. The molecule has 0 saturated carbocycles. The van der Waals surface area contributed by atoms with Crippen molar-refractivity contribution in [3.05, 3.63) is 34.3 Å². The molecule has 1 aromatic carbocycles. The van der Waals surface area contributed by atoms with E-state index in [0.29, 0.717) is 12.2 Å². The van der Waals surface area contributed by atoms with Gasteiger partial charge in [0.2, 0.25) is 0 Å². The van der Waals surface area contributed by atoms with E-state index < -0.39 is 30.2 Å². The van der Waals surface area contributed by atoms with Crippen LogP contribution in [0.15, 0.2) is 28.7 Å². The number of nitrogen functional groups attached to an aromatic ring is 1. The lowest BCUT2D eigenvalue weighted by atomic mass is 9.91. The second kappa shape index (κ2) is 5.62. The Labute approximate surface area is 146 Å². The summed E-state index contributed by atoms with van der Waals surface area (Å²) in [4.78, 5) is 4.34. The standard InChI is InChI=1S/C16H17BrN2O5/c17-9-5-8-2-1-7(3-10(8)19-14(9)18)4-11-13-16(22,6-23-11)12(20)15(21)24-13/h1-3,5,11-13,15,20-22H,4,6H2,(H2,18,19)/t11-,12-,13+,15?,16-/m0/s1. The van der Waals surface area contributed by atoms with E-state index in [1.165, 1.54) is 0 Å². The number of hydrogen-bond donors (Lipinski definition) is 4. The van der Waals surface area contributed by atoms with Crippen molar-refractivity contribution < 1.29 is 24.8 Å². The molecule has 2 aliphatic heterocycles. The second-order valence-electron chi connectivity index (χ2n) is 6.32. The SMILES string of the molecule is Nc1nc2cc(C[C@@H]3OC[C@@]4(O)[C@@H]3OC(O)[C@@H]4O)ccc2cc1Br. The molecular weight excluding hydrogens is 380 g/mol. The predicted octanol–water partition coefficient (Wildman–Crippen LogP) is 0.330. The van der Waals surface area contributed by atoms with E-state index in [4.69, 9.17) is 15.2 Å². The van der Waals surface area contributed by atoms with Crippen LogP contribution in [-0.2, 0) is 15.9 Å². The first-order valence-electron chi connectivity index (χ1n) is 7.59. The van der Waals surface area contributed by atoms with Gasteiger partial charge in [-0.25, -0.2) is 4.98 Å². The Hall–Kier alpha value is -1.29. The number of rotatable bonds is 2. The Morgan fingerprint density at radius 3 is 2.92 bits per heavy atom. The van der Waals surface area contributed by atoms with Crippen LogP contribution in [0.2, 0.25) is 0 Å². The van der Waals surface area contributed by atoms with Crippen molar-refractivity contribution in [2.24, 2.45) is 0 Å². The van der Waals surface area contributed by atoms with Gasteiger partial charge in [0.1, 0.15) is 23.6 Å². The van der Waals surface area contributed by atoms with Crippen LogP contribution in [0.4, 0.5) is 5.82 Å². The first-order valence-corrected chi connectivity index (χ1v) is 8.38. The molecular formula is C16H17BrN2O5. The summed E-state index contributed by atoms with van der Waals surface area (Å²) in [5, 5.41) is 30.9. The molecule has 2 fully saturated rings. The van der Waals surface area contributed by atoms with Gasteiger partial charge in [-0.2, -0.15) is 0 Å². The zero-order valence-corrected chi connectivity index (χ0v) is 14.2. The summed E-state index contributed by atoms with van der Waals surface area (Å²) in [5.74, 6) is 0.413. The molecule has 1 aromatic heterocycles. The molecule has 5 N–H and O–H groups in total. The van der Waals surface area contributed by atoms with E-state index in [9.17, 15) is 15.3 Å². The number of benzene rings is 1. The van der Waals surface area contributed by atoms with Crippen LogP contribution in [0, 0.1) is 0 Å². The molecule has 2 aliphatic rings. The third kappa shape index (κ3) is 2.42. The molecule has 0 amide bonds. The van der Waals surface area contributed by atoms with Gasteiger partial charge in [-0.1, -0.05) is 12.1 Å². The Kier molecular flexibility index (Phi) is 3.79. The molecule has 8 heteroatoms. The topological polar surface area (TPSA) is 118 Å². The maximum Gasteiger partial charge on any atom is 0.184 e. The summed E-state index contributed by atoms with van der Waals surface area (Å²) in [5.41, 5.74) is 5.95. The summed E-state index contributed by atoms with van der Waals surface area (Å²) < 4.78 is 11.6. The summed E-state index contributed by atoms with van der Waals surface area (Å²) >= 11 is 3.35. The number of aliphatic hydroxyl groups excluding tert-OH is 2. The van der Waals surface area contributed by atoms with Gasteiger partial charge >= 0.3 is 0 Å². The van der Waals surface area contributed by atoms with Gasteiger partial charge in [0, 0.05) is 11.8 Å². The highest BCUT2D eigenvalue weighted by Gasteiger charge is 2.62. The molecule has 3 heterocycles. The lowest BCUT2D eigenvalue weighted by Gasteiger charge is -2.22. The third-order valence-corrected chi connectivity index (χ3v) is 5.36. The highest BCUT2D eigenvalue weighted by Crippen LogP contribution is 2.39. The number of hydrogen-bond acceptors (Lipinski definition) is 7. The van der Waals surface area contributed by atoms with Gasteiger partial charge < -0.3 is 30.5 Å². The van der Waals surface area contributed by atoms with Crippen molar-refractivity contribution in [3.63, 3.8) is 0 Å². The molecule has 128 valence electrons. The monoisotopic (exact) mass is 396 g/mol. The fourth-order valence-electron chi connectivity index (χ4n) is 3.39. The Morgan fingerprint density at radius 2 is 2.12 bits per heavy atom. The largest absolute Gasteiger partial charge is 0.385 e. The average Bonchev–Trinajstić information content (AvgIpc) is 2.96. The number of aromatic nitrogens is 1. The van der Waals surface area contributed by atoms with Gasteiger partial charge in [-0.15, -0.1) is 0 Å². The van der Waals surface area contributed by atoms with Crippen LogP contribution >= 0.6 is 15.9 Å². The van der Waals surface area contributed by atoms with E-state index in [0.717, 1.165) is 20.9 Å². The van der Waals surface area contributed by atoms with Crippen molar-refractivity contribution in [1.29, 1.82) is 0 Å². The minimum absolute atomic E-state index is 0.0771. The maximum atomic E-state index is 10.5. The van der Waals surface area contributed by atoms with Crippen LogP contribution in [-0.4, -0.2) is 57.1 Å². The van der Waals surface area contributed by atoms with Crippen LogP contribution in [0.5, 0.6) is 0 Å². The molecule has 24 heavy (non-hydrogen) atoms. The van der Waals surface area contributed by atoms with E-state index in [1.54, 1.807) is 0 Å². The van der Waals surface area contributed by atoms with Crippen molar-refractivity contribution in [2.45, 2.75) is 36.6 Å². The van der Waals surface area contributed by atoms with Crippen LogP contribution < -0.4 is 5.73 Å². The number of fused-ring (bicyclic) bond motifs is 2. The lowest BCUT2D eigenvalue weighted by Crippen LogP contribution is -2.49. The molecule has 0 aliphatic carbocycles. The fraction of sp³-hybridized carbons (Fsp3) is 0.438. The van der Waals surface area contributed by atoms with Gasteiger partial charge in [0.05, 0.1) is 22.7 Å². The lowest BCUT2D eigenvalue weighted by molar-refractivity contribution is -0.153. The molecule has 0 bridgehead atoms. The summed E-state index contributed by atoms with van der Waals surface area (Å²) in [7, 11) is 0. The maximum absolute atomic E-state index is 10.5. The smallest absolute Gasteiger partial charge is 0.184 e. The van der Waals surface area contributed by atoms with E-state index in [1.807, 2.05) is 24.3 Å². The molecule has 2 saturated heterocycles. The number of aliphatic hydroxyl groups is 3. The van der Waals surface area contributed by atoms with Crippen LogP contribution in [0.25, 0.3) is 10.9 Å². The second-order valence-corrected chi connectivity index (χ2v) is 7.17.